The minimum absolute atomic E-state index is 0.475. The summed E-state index contributed by atoms with van der Waals surface area (Å²) < 4.78 is 0. The number of rotatable bonds is 7. The van der Waals surface area contributed by atoms with E-state index in [-0.39, 0.29) is 0 Å². The second-order valence-corrected chi connectivity index (χ2v) is 5.50. The highest BCUT2D eigenvalue weighted by molar-refractivity contribution is 7.99. The number of carboxylic acid groups (broad SMARTS) is 1. The van der Waals surface area contributed by atoms with Gasteiger partial charge in [0, 0.05) is 10.6 Å². The van der Waals surface area contributed by atoms with Gasteiger partial charge >= 0.3 is 5.97 Å². The SMILES string of the molecule is CCCNC(CSc1ccc(C)c(C)c1)C(=O)O. The lowest BCUT2D eigenvalue weighted by Crippen LogP contribution is -2.39. The van der Waals surface area contributed by atoms with Gasteiger partial charge in [0.25, 0.3) is 0 Å². The van der Waals surface area contributed by atoms with E-state index in [0.717, 1.165) is 17.9 Å². The fourth-order valence-corrected chi connectivity index (χ4v) is 2.56. The molecule has 2 N–H and O–H groups in total. The molecular formula is C14H21NO2S. The maximum atomic E-state index is 11.1. The number of aryl methyl sites for hydroxylation is 2. The first-order valence-corrected chi connectivity index (χ1v) is 7.19. The quantitative estimate of drug-likeness (QED) is 0.746. The third-order valence-electron chi connectivity index (χ3n) is 2.83. The van der Waals surface area contributed by atoms with E-state index < -0.39 is 12.0 Å². The fourth-order valence-electron chi connectivity index (χ4n) is 1.52. The lowest BCUT2D eigenvalue weighted by atomic mass is 10.1. The Kier molecular flexibility index (Phi) is 6.22. The van der Waals surface area contributed by atoms with Gasteiger partial charge in [-0.05, 0) is 50.1 Å². The monoisotopic (exact) mass is 267 g/mol. The van der Waals surface area contributed by atoms with Crippen LogP contribution >= 0.6 is 11.8 Å². The molecule has 0 aliphatic carbocycles. The second-order valence-electron chi connectivity index (χ2n) is 4.40. The van der Waals surface area contributed by atoms with Gasteiger partial charge in [-0.3, -0.25) is 4.79 Å². The predicted octanol–water partition coefficient (Wildman–Crippen LogP) is 2.85. The van der Waals surface area contributed by atoms with Gasteiger partial charge in [0.2, 0.25) is 0 Å². The lowest BCUT2D eigenvalue weighted by molar-refractivity contribution is -0.138. The highest BCUT2D eigenvalue weighted by Gasteiger charge is 2.16. The maximum absolute atomic E-state index is 11.1. The molecule has 0 saturated heterocycles. The molecule has 0 aromatic heterocycles. The summed E-state index contributed by atoms with van der Waals surface area (Å²) in [6.45, 7) is 6.92. The molecule has 1 rings (SSSR count). The zero-order chi connectivity index (χ0) is 13.5. The van der Waals surface area contributed by atoms with Crippen LogP contribution in [0.3, 0.4) is 0 Å². The van der Waals surface area contributed by atoms with Crippen molar-refractivity contribution in [2.24, 2.45) is 0 Å². The molecule has 4 heteroatoms. The summed E-state index contributed by atoms with van der Waals surface area (Å²) >= 11 is 1.59. The van der Waals surface area contributed by atoms with E-state index in [4.69, 9.17) is 5.11 Å². The van der Waals surface area contributed by atoms with Crippen molar-refractivity contribution >= 4 is 17.7 Å². The van der Waals surface area contributed by atoms with Crippen LogP contribution in [0.4, 0.5) is 0 Å². The Morgan fingerprint density at radius 3 is 2.67 bits per heavy atom. The average molecular weight is 267 g/mol. The summed E-state index contributed by atoms with van der Waals surface area (Å²) in [5.41, 5.74) is 2.51. The minimum Gasteiger partial charge on any atom is -0.480 e. The van der Waals surface area contributed by atoms with E-state index in [9.17, 15) is 4.79 Å². The van der Waals surface area contributed by atoms with Gasteiger partial charge in [-0.2, -0.15) is 0 Å². The minimum atomic E-state index is -0.778. The molecule has 0 saturated carbocycles. The molecule has 0 bridgehead atoms. The van der Waals surface area contributed by atoms with E-state index in [1.165, 1.54) is 11.1 Å². The van der Waals surface area contributed by atoms with Crippen molar-refractivity contribution in [2.45, 2.75) is 38.1 Å². The molecule has 1 atom stereocenters. The van der Waals surface area contributed by atoms with Crippen molar-refractivity contribution in [3.63, 3.8) is 0 Å². The first-order chi connectivity index (χ1) is 8.54. The largest absolute Gasteiger partial charge is 0.480 e. The number of hydrogen-bond donors (Lipinski definition) is 2. The van der Waals surface area contributed by atoms with Gasteiger partial charge in [0.1, 0.15) is 6.04 Å². The molecule has 0 fully saturated rings. The van der Waals surface area contributed by atoms with E-state index >= 15 is 0 Å². The Hall–Kier alpha value is -1.00. The number of benzene rings is 1. The van der Waals surface area contributed by atoms with Crippen molar-refractivity contribution in [1.29, 1.82) is 0 Å². The Morgan fingerprint density at radius 1 is 1.39 bits per heavy atom. The molecule has 0 radical (unpaired) electrons. The molecule has 1 aromatic rings. The van der Waals surface area contributed by atoms with Crippen molar-refractivity contribution in [2.75, 3.05) is 12.3 Å². The van der Waals surface area contributed by atoms with Crippen molar-refractivity contribution in [1.82, 2.24) is 5.32 Å². The molecule has 3 nitrogen and oxygen atoms in total. The molecule has 0 aliphatic heterocycles. The topological polar surface area (TPSA) is 49.3 Å². The summed E-state index contributed by atoms with van der Waals surface area (Å²) in [6.07, 6.45) is 0.943. The first kappa shape index (κ1) is 15.1. The van der Waals surface area contributed by atoms with Crippen LogP contribution < -0.4 is 5.32 Å². The molecule has 1 aromatic carbocycles. The zero-order valence-corrected chi connectivity index (χ0v) is 12.0. The highest BCUT2D eigenvalue weighted by Crippen LogP contribution is 2.21. The van der Waals surface area contributed by atoms with Crippen LogP contribution in [0.15, 0.2) is 23.1 Å². The van der Waals surface area contributed by atoms with Gasteiger partial charge in [-0.15, -0.1) is 11.8 Å². The Bertz CT molecular complexity index is 407. The third kappa shape index (κ3) is 4.70. The van der Waals surface area contributed by atoms with Gasteiger partial charge in [-0.1, -0.05) is 13.0 Å². The summed E-state index contributed by atoms with van der Waals surface area (Å²) in [6, 6.07) is 5.76. The van der Waals surface area contributed by atoms with Gasteiger partial charge in [0.15, 0.2) is 0 Å². The summed E-state index contributed by atoms with van der Waals surface area (Å²) in [5.74, 6) is -0.225. The molecule has 0 spiro atoms. The standard InChI is InChI=1S/C14H21NO2S/c1-4-7-15-13(14(16)17)9-18-12-6-5-10(2)11(3)8-12/h5-6,8,13,15H,4,7,9H2,1-3H3,(H,16,17). The number of carbonyl (C=O) groups is 1. The Balaban J connectivity index is 2.55. The summed E-state index contributed by atoms with van der Waals surface area (Å²) in [7, 11) is 0. The normalized spacial score (nSPS) is 12.4. The van der Waals surface area contributed by atoms with E-state index in [0.29, 0.717) is 5.75 Å². The summed E-state index contributed by atoms with van der Waals surface area (Å²) in [4.78, 5) is 12.2. The van der Waals surface area contributed by atoms with Gasteiger partial charge in [-0.25, -0.2) is 0 Å². The van der Waals surface area contributed by atoms with Crippen LogP contribution in [0, 0.1) is 13.8 Å². The van der Waals surface area contributed by atoms with E-state index in [2.05, 4.69) is 31.3 Å². The Morgan fingerprint density at radius 2 is 2.11 bits per heavy atom. The number of aliphatic carboxylic acids is 1. The van der Waals surface area contributed by atoms with Gasteiger partial charge in [0.05, 0.1) is 0 Å². The van der Waals surface area contributed by atoms with E-state index in [1.807, 2.05) is 13.0 Å². The number of hydrogen-bond acceptors (Lipinski definition) is 3. The number of nitrogens with one attached hydrogen (secondary N) is 1. The van der Waals surface area contributed by atoms with Crippen LogP contribution in [-0.2, 0) is 4.79 Å². The van der Waals surface area contributed by atoms with Crippen LogP contribution in [0.25, 0.3) is 0 Å². The smallest absolute Gasteiger partial charge is 0.321 e. The predicted molar refractivity (Wildman–Crippen MR) is 76.4 cm³/mol. The number of thioether (sulfide) groups is 1. The van der Waals surface area contributed by atoms with Crippen molar-refractivity contribution in [3.05, 3.63) is 29.3 Å². The second kappa shape index (κ2) is 7.44. The van der Waals surface area contributed by atoms with Crippen LogP contribution in [-0.4, -0.2) is 29.4 Å². The zero-order valence-electron chi connectivity index (χ0n) is 11.2. The van der Waals surface area contributed by atoms with Crippen molar-refractivity contribution in [3.8, 4) is 0 Å². The van der Waals surface area contributed by atoms with Crippen LogP contribution in [0.2, 0.25) is 0 Å². The van der Waals surface area contributed by atoms with Crippen LogP contribution in [0.1, 0.15) is 24.5 Å². The third-order valence-corrected chi connectivity index (χ3v) is 3.92. The highest BCUT2D eigenvalue weighted by atomic mass is 32.2. The molecule has 0 amide bonds. The molecule has 0 heterocycles. The van der Waals surface area contributed by atoms with E-state index in [1.54, 1.807) is 11.8 Å². The molecular weight excluding hydrogens is 246 g/mol. The molecule has 18 heavy (non-hydrogen) atoms. The van der Waals surface area contributed by atoms with Crippen LogP contribution in [0.5, 0.6) is 0 Å². The average Bonchev–Trinajstić information content (AvgIpc) is 2.33. The Labute approximate surface area is 113 Å². The molecule has 1 unspecified atom stereocenters. The summed E-state index contributed by atoms with van der Waals surface area (Å²) in [5, 5.41) is 12.1. The fraction of sp³-hybridized carbons (Fsp3) is 0.500. The number of carboxylic acids is 1. The molecule has 0 aliphatic rings. The molecule has 100 valence electrons. The van der Waals surface area contributed by atoms with Gasteiger partial charge < -0.3 is 10.4 Å². The van der Waals surface area contributed by atoms with Crippen molar-refractivity contribution < 1.29 is 9.90 Å². The maximum Gasteiger partial charge on any atom is 0.321 e. The lowest BCUT2D eigenvalue weighted by Gasteiger charge is -2.13. The first-order valence-electron chi connectivity index (χ1n) is 6.20.